The molecule has 0 aliphatic heterocycles. The van der Waals surface area contributed by atoms with Gasteiger partial charge in [0, 0.05) is 11.8 Å². The lowest BCUT2D eigenvalue weighted by Crippen LogP contribution is -2.21. The van der Waals surface area contributed by atoms with E-state index in [4.69, 9.17) is 10.8 Å². The van der Waals surface area contributed by atoms with Crippen molar-refractivity contribution in [3.63, 3.8) is 0 Å². The van der Waals surface area contributed by atoms with Gasteiger partial charge in [0.15, 0.2) is 0 Å². The molecule has 9 heteroatoms. The maximum absolute atomic E-state index is 11.8. The van der Waals surface area contributed by atoms with Gasteiger partial charge in [-0.2, -0.15) is 13.2 Å². The van der Waals surface area contributed by atoms with Gasteiger partial charge in [-0.1, -0.05) is 0 Å². The van der Waals surface area contributed by atoms with Crippen LogP contribution >= 0.6 is 11.3 Å². The number of carboxylic acids is 1. The summed E-state index contributed by atoms with van der Waals surface area (Å²) < 4.78 is 39.7. The van der Waals surface area contributed by atoms with Crippen LogP contribution in [0, 0.1) is 0 Å². The van der Waals surface area contributed by atoms with Crippen molar-refractivity contribution in [1.29, 1.82) is 0 Å². The van der Waals surface area contributed by atoms with Crippen LogP contribution in [0.15, 0.2) is 5.38 Å². The van der Waals surface area contributed by atoms with E-state index in [1.807, 2.05) is 0 Å². The van der Waals surface area contributed by atoms with Gasteiger partial charge in [0.05, 0.1) is 17.3 Å². The minimum atomic E-state index is -4.35. The summed E-state index contributed by atoms with van der Waals surface area (Å²) in [5.41, 5.74) is 5.52. The highest BCUT2D eigenvalue weighted by Gasteiger charge is 2.27. The number of halogens is 3. The number of aliphatic carboxylic acids is 1. The Balaban J connectivity index is 2.38. The molecule has 3 N–H and O–H groups in total. The minimum absolute atomic E-state index is 0.130. The molecule has 0 spiro atoms. The van der Waals surface area contributed by atoms with Crippen LogP contribution in [-0.4, -0.2) is 35.4 Å². The predicted molar refractivity (Wildman–Crippen MR) is 57.3 cm³/mol. The maximum atomic E-state index is 11.8. The van der Waals surface area contributed by atoms with Crippen LogP contribution in [0.2, 0.25) is 0 Å². The van der Waals surface area contributed by atoms with Crippen LogP contribution in [0.5, 0.6) is 0 Å². The molecule has 18 heavy (non-hydrogen) atoms. The van der Waals surface area contributed by atoms with E-state index >= 15 is 0 Å². The van der Waals surface area contributed by atoms with Gasteiger partial charge in [0.25, 0.3) is 0 Å². The number of nitrogens with zero attached hydrogens (tertiary/aromatic N) is 1. The summed E-state index contributed by atoms with van der Waals surface area (Å²) in [7, 11) is 0. The zero-order chi connectivity index (χ0) is 13.8. The molecule has 0 aromatic carbocycles. The quantitative estimate of drug-likeness (QED) is 0.770. The molecule has 0 fully saturated rings. The average molecular weight is 284 g/mol. The third-order valence-corrected chi connectivity index (χ3v) is 2.81. The van der Waals surface area contributed by atoms with Gasteiger partial charge in [0.1, 0.15) is 12.6 Å². The fourth-order valence-corrected chi connectivity index (χ4v) is 1.87. The van der Waals surface area contributed by atoms with E-state index in [2.05, 4.69) is 9.72 Å². The zero-order valence-electron chi connectivity index (χ0n) is 9.11. The lowest BCUT2D eigenvalue weighted by Gasteiger charge is -2.06. The Labute approximate surface area is 104 Å². The number of carboxylic acid groups (broad SMARTS) is 1. The summed E-state index contributed by atoms with van der Waals surface area (Å²) >= 11 is 1.14. The summed E-state index contributed by atoms with van der Waals surface area (Å²) in [4.78, 5) is 14.5. The molecule has 1 aromatic heterocycles. The van der Waals surface area contributed by atoms with Crippen molar-refractivity contribution in [3.05, 3.63) is 16.1 Å². The van der Waals surface area contributed by atoms with Crippen molar-refractivity contribution in [1.82, 2.24) is 4.98 Å². The molecule has 1 heterocycles. The van der Waals surface area contributed by atoms with Gasteiger partial charge in [-0.3, -0.25) is 4.79 Å². The first-order valence-electron chi connectivity index (χ1n) is 4.87. The standard InChI is InChI=1S/C9H11F3N2O3S/c10-9(11,12)4-17-2-1-6-14-5(3-18-6)7(13)8(15)16/h3,7H,1-2,4,13H2,(H,15,16). The maximum Gasteiger partial charge on any atom is 0.411 e. The van der Waals surface area contributed by atoms with Crippen molar-refractivity contribution in [2.45, 2.75) is 18.6 Å². The van der Waals surface area contributed by atoms with E-state index in [0.717, 1.165) is 11.3 Å². The number of hydrogen-bond donors (Lipinski definition) is 2. The Kier molecular flexibility index (Phi) is 5.05. The molecule has 0 aliphatic rings. The second kappa shape index (κ2) is 6.12. The van der Waals surface area contributed by atoms with Crippen molar-refractivity contribution in [3.8, 4) is 0 Å². The fraction of sp³-hybridized carbons (Fsp3) is 0.556. The predicted octanol–water partition coefficient (Wildman–Crippen LogP) is 1.35. The summed E-state index contributed by atoms with van der Waals surface area (Å²) in [6.07, 6.45) is -4.16. The van der Waals surface area contributed by atoms with Crippen molar-refractivity contribution < 1.29 is 27.8 Å². The third kappa shape index (κ3) is 4.98. The molecule has 0 amide bonds. The number of hydrogen-bond acceptors (Lipinski definition) is 5. The second-order valence-corrected chi connectivity index (χ2v) is 4.34. The van der Waals surface area contributed by atoms with Crippen LogP contribution < -0.4 is 5.73 Å². The second-order valence-electron chi connectivity index (χ2n) is 3.40. The summed E-state index contributed by atoms with van der Waals surface area (Å²) in [5.74, 6) is -1.21. The Bertz CT molecular complexity index is 408. The molecule has 1 unspecified atom stereocenters. The van der Waals surface area contributed by atoms with E-state index < -0.39 is 24.8 Å². The first-order valence-corrected chi connectivity index (χ1v) is 5.75. The number of carbonyl (C=O) groups is 1. The summed E-state index contributed by atoms with van der Waals surface area (Å²) in [5, 5.41) is 10.6. The molecule has 0 saturated heterocycles. The van der Waals surface area contributed by atoms with Crippen molar-refractivity contribution in [2.75, 3.05) is 13.2 Å². The van der Waals surface area contributed by atoms with Gasteiger partial charge >= 0.3 is 12.1 Å². The Hall–Kier alpha value is -1.19. The molecule has 102 valence electrons. The van der Waals surface area contributed by atoms with Crippen LogP contribution in [0.1, 0.15) is 16.7 Å². The molecular weight excluding hydrogens is 273 g/mol. The topological polar surface area (TPSA) is 85.4 Å². The van der Waals surface area contributed by atoms with E-state index in [-0.39, 0.29) is 18.7 Å². The molecule has 1 atom stereocenters. The molecule has 1 rings (SSSR count). The smallest absolute Gasteiger partial charge is 0.411 e. The molecule has 0 saturated carbocycles. The largest absolute Gasteiger partial charge is 0.480 e. The van der Waals surface area contributed by atoms with Gasteiger partial charge in [-0.05, 0) is 0 Å². The van der Waals surface area contributed by atoms with Crippen molar-refractivity contribution in [2.24, 2.45) is 5.73 Å². The van der Waals surface area contributed by atoms with E-state index in [1.54, 1.807) is 0 Å². The molecule has 0 bridgehead atoms. The number of ether oxygens (including phenoxy) is 1. The number of rotatable bonds is 6. The Morgan fingerprint density at radius 2 is 2.28 bits per heavy atom. The first-order chi connectivity index (χ1) is 8.29. The van der Waals surface area contributed by atoms with E-state index in [1.165, 1.54) is 5.38 Å². The highest BCUT2D eigenvalue weighted by molar-refractivity contribution is 7.09. The number of thiazole rings is 1. The normalized spacial score (nSPS) is 13.6. The lowest BCUT2D eigenvalue weighted by atomic mass is 10.2. The highest BCUT2D eigenvalue weighted by atomic mass is 32.1. The molecule has 1 aromatic rings. The Morgan fingerprint density at radius 1 is 1.61 bits per heavy atom. The fourth-order valence-electron chi connectivity index (χ4n) is 1.06. The molecule has 0 aliphatic carbocycles. The zero-order valence-corrected chi connectivity index (χ0v) is 9.92. The van der Waals surface area contributed by atoms with E-state index in [9.17, 15) is 18.0 Å². The van der Waals surface area contributed by atoms with Crippen molar-refractivity contribution >= 4 is 17.3 Å². The Morgan fingerprint density at radius 3 is 2.83 bits per heavy atom. The van der Waals surface area contributed by atoms with Gasteiger partial charge in [-0.25, -0.2) is 4.98 Å². The van der Waals surface area contributed by atoms with Crippen LogP contribution in [0.25, 0.3) is 0 Å². The average Bonchev–Trinajstić information content (AvgIpc) is 2.70. The first kappa shape index (κ1) is 14.9. The number of nitrogens with two attached hydrogens (primary N) is 1. The highest BCUT2D eigenvalue weighted by Crippen LogP contribution is 2.17. The molecule has 5 nitrogen and oxygen atoms in total. The summed E-state index contributed by atoms with van der Waals surface area (Å²) in [6.45, 7) is -1.44. The van der Waals surface area contributed by atoms with Crippen LogP contribution in [0.4, 0.5) is 13.2 Å². The molecule has 0 radical (unpaired) electrons. The van der Waals surface area contributed by atoms with E-state index in [0.29, 0.717) is 5.01 Å². The monoisotopic (exact) mass is 284 g/mol. The number of aromatic nitrogens is 1. The van der Waals surface area contributed by atoms with Gasteiger partial charge in [0.2, 0.25) is 0 Å². The van der Waals surface area contributed by atoms with Crippen LogP contribution in [0.3, 0.4) is 0 Å². The van der Waals surface area contributed by atoms with Gasteiger partial charge < -0.3 is 15.6 Å². The SMILES string of the molecule is NC(C(=O)O)c1csc(CCOCC(F)(F)F)n1. The third-order valence-electron chi connectivity index (χ3n) is 1.88. The molecular formula is C9H11F3N2O3S. The minimum Gasteiger partial charge on any atom is -0.480 e. The number of alkyl halides is 3. The lowest BCUT2D eigenvalue weighted by molar-refractivity contribution is -0.173. The van der Waals surface area contributed by atoms with Crippen LogP contribution in [-0.2, 0) is 16.0 Å². The summed E-state index contributed by atoms with van der Waals surface area (Å²) in [6, 6.07) is -1.22. The van der Waals surface area contributed by atoms with Gasteiger partial charge in [-0.15, -0.1) is 11.3 Å².